The summed E-state index contributed by atoms with van der Waals surface area (Å²) in [6, 6.07) is 12.9. The van der Waals surface area contributed by atoms with E-state index in [2.05, 4.69) is 81.1 Å². The van der Waals surface area contributed by atoms with E-state index in [0.717, 1.165) is 31.2 Å². The standard InChI is InChI=1S/C44H60ClN5O4/c1-13-30(14-2)53-34-24-26(5)15-20-33(34)48-49-40-36(28-16-18-29(45)19-17-28)37(39-46-35(21-25(3)4)47-42(52)50(39)40)41(51)54-38-31(43(7,8)9)22-27(6)23-32(38)44(10,11)12/h15-20,24-25,27,30-32,38H,13-14,21-23H2,1-12H3,(H,46,47,52). The van der Waals surface area contributed by atoms with Crippen LogP contribution in [0.15, 0.2) is 57.5 Å². The van der Waals surface area contributed by atoms with E-state index in [1.807, 2.05) is 37.3 Å². The number of aromatic nitrogens is 3. The van der Waals surface area contributed by atoms with Gasteiger partial charge in [-0.2, -0.15) is 0 Å². The lowest BCUT2D eigenvalue weighted by atomic mass is 9.59. The molecule has 9 nitrogen and oxygen atoms in total. The first kappa shape index (κ1) is 41.2. The van der Waals surface area contributed by atoms with Crippen molar-refractivity contribution in [3.8, 4) is 16.9 Å². The first-order valence-electron chi connectivity index (χ1n) is 19.7. The van der Waals surface area contributed by atoms with Crippen LogP contribution in [0.1, 0.15) is 124 Å². The van der Waals surface area contributed by atoms with Crippen LogP contribution < -0.4 is 10.4 Å². The second-order valence-corrected chi connectivity index (χ2v) is 18.4. The van der Waals surface area contributed by atoms with Crippen LogP contribution in [0, 0.1) is 41.4 Å². The molecule has 5 rings (SSSR count). The Balaban J connectivity index is 1.79. The SMILES string of the molecule is CCC(CC)Oc1cc(C)ccc1N=Nc1c(-c2ccc(Cl)cc2)c(C(=O)OC2C(C(C)(C)C)CC(C)CC2C(C)(C)C)c2nc(CC(C)C)[nH]c(=O)n12. The minimum atomic E-state index is -0.538. The smallest absolute Gasteiger partial charge is 0.343 e. The van der Waals surface area contributed by atoms with Crippen molar-refractivity contribution in [3.63, 3.8) is 0 Å². The van der Waals surface area contributed by atoms with Gasteiger partial charge in [-0.05, 0) is 90.7 Å². The Labute approximate surface area is 326 Å². The van der Waals surface area contributed by atoms with Crippen LogP contribution in [0.5, 0.6) is 5.75 Å². The molecule has 0 aliphatic heterocycles. The normalized spacial score (nSPS) is 19.7. The molecule has 1 N–H and O–H groups in total. The Bertz CT molecular complexity index is 2010. The molecule has 0 radical (unpaired) electrons. The number of aryl methyl sites for hydroxylation is 1. The molecular weight excluding hydrogens is 698 g/mol. The van der Waals surface area contributed by atoms with E-state index in [9.17, 15) is 4.79 Å². The van der Waals surface area contributed by atoms with Crippen LogP contribution in [0.4, 0.5) is 11.5 Å². The van der Waals surface area contributed by atoms with Crippen molar-refractivity contribution >= 4 is 34.7 Å². The van der Waals surface area contributed by atoms with E-state index >= 15 is 4.79 Å². The summed E-state index contributed by atoms with van der Waals surface area (Å²) in [5.41, 5.74) is 2.21. The van der Waals surface area contributed by atoms with Crippen molar-refractivity contribution in [3.05, 3.63) is 74.9 Å². The quantitative estimate of drug-likeness (QED) is 0.121. The fourth-order valence-electron chi connectivity index (χ4n) is 7.93. The Hall–Kier alpha value is -3.98. The number of H-pyrrole nitrogens is 1. The number of halogens is 1. The largest absolute Gasteiger partial charge is 0.488 e. The minimum Gasteiger partial charge on any atom is -0.488 e. The lowest BCUT2D eigenvalue weighted by Crippen LogP contribution is -2.49. The highest BCUT2D eigenvalue weighted by atomic mass is 35.5. The summed E-state index contributed by atoms with van der Waals surface area (Å²) in [5, 5.41) is 10.0. The molecule has 10 heteroatoms. The molecule has 4 aromatic rings. The van der Waals surface area contributed by atoms with Crippen molar-refractivity contribution in [2.75, 3.05) is 0 Å². The molecule has 2 unspecified atom stereocenters. The number of hydrogen-bond acceptors (Lipinski definition) is 7. The van der Waals surface area contributed by atoms with Crippen LogP contribution >= 0.6 is 11.6 Å². The van der Waals surface area contributed by atoms with Gasteiger partial charge in [0.05, 0.1) is 6.10 Å². The van der Waals surface area contributed by atoms with Gasteiger partial charge >= 0.3 is 11.7 Å². The van der Waals surface area contributed by atoms with Gasteiger partial charge in [0.15, 0.2) is 11.5 Å². The molecule has 0 amide bonds. The highest BCUT2D eigenvalue weighted by molar-refractivity contribution is 6.30. The molecule has 54 heavy (non-hydrogen) atoms. The van der Waals surface area contributed by atoms with Crippen LogP contribution in [0.3, 0.4) is 0 Å². The van der Waals surface area contributed by atoms with Crippen molar-refractivity contribution in [2.45, 2.75) is 127 Å². The van der Waals surface area contributed by atoms with Gasteiger partial charge in [-0.1, -0.05) is 106 Å². The minimum absolute atomic E-state index is 0.00364. The number of nitrogens with zero attached hydrogens (tertiary/aromatic N) is 4. The Morgan fingerprint density at radius 2 is 1.59 bits per heavy atom. The number of azo groups is 1. The molecule has 1 aliphatic rings. The van der Waals surface area contributed by atoms with Gasteiger partial charge in [0.25, 0.3) is 0 Å². The number of nitrogens with one attached hydrogen (secondary N) is 1. The van der Waals surface area contributed by atoms with Crippen molar-refractivity contribution < 1.29 is 14.3 Å². The Morgan fingerprint density at radius 1 is 0.981 bits per heavy atom. The molecule has 1 saturated carbocycles. The molecule has 2 atom stereocenters. The number of carbonyl (C=O) groups is 1. The van der Waals surface area contributed by atoms with Crippen LogP contribution in [-0.4, -0.2) is 32.5 Å². The van der Waals surface area contributed by atoms with E-state index < -0.39 is 11.7 Å². The summed E-state index contributed by atoms with van der Waals surface area (Å²) in [5.74, 6) is 1.62. The number of rotatable bonds is 11. The van der Waals surface area contributed by atoms with Gasteiger partial charge < -0.3 is 9.47 Å². The van der Waals surface area contributed by atoms with Gasteiger partial charge in [0.2, 0.25) is 0 Å². The third-order valence-electron chi connectivity index (χ3n) is 10.9. The summed E-state index contributed by atoms with van der Waals surface area (Å²) in [4.78, 5) is 37.2. The first-order valence-corrected chi connectivity index (χ1v) is 20.0. The number of esters is 1. The van der Waals surface area contributed by atoms with Crippen molar-refractivity contribution in [2.24, 2.45) is 44.7 Å². The maximum Gasteiger partial charge on any atom is 0.343 e. The number of carbonyl (C=O) groups excluding carboxylic acids is 1. The molecule has 0 saturated heterocycles. The van der Waals surface area contributed by atoms with Gasteiger partial charge in [0.1, 0.15) is 28.9 Å². The molecule has 2 aromatic carbocycles. The predicted molar refractivity (Wildman–Crippen MR) is 219 cm³/mol. The number of fused-ring (bicyclic) bond motifs is 1. The van der Waals surface area contributed by atoms with E-state index in [4.69, 9.17) is 36.3 Å². The number of ether oxygens (including phenoxy) is 2. The third-order valence-corrected chi connectivity index (χ3v) is 11.2. The van der Waals surface area contributed by atoms with E-state index in [-0.39, 0.29) is 57.8 Å². The fraction of sp³-hybridized carbons (Fsp3) is 0.568. The average molecular weight is 758 g/mol. The van der Waals surface area contributed by atoms with E-state index in [1.165, 1.54) is 4.40 Å². The monoisotopic (exact) mass is 757 g/mol. The van der Waals surface area contributed by atoms with Gasteiger partial charge in [-0.3, -0.25) is 4.98 Å². The topological polar surface area (TPSA) is 110 Å². The molecule has 2 heterocycles. The lowest BCUT2D eigenvalue weighted by molar-refractivity contribution is -0.0922. The van der Waals surface area contributed by atoms with Gasteiger partial charge in [0, 0.05) is 28.8 Å². The molecule has 1 fully saturated rings. The highest BCUT2D eigenvalue weighted by Gasteiger charge is 2.48. The highest BCUT2D eigenvalue weighted by Crippen LogP contribution is 2.50. The van der Waals surface area contributed by atoms with Gasteiger partial charge in [-0.15, -0.1) is 10.2 Å². The maximum absolute atomic E-state index is 15.1. The zero-order valence-electron chi connectivity index (χ0n) is 34.3. The second kappa shape index (κ2) is 16.4. The summed E-state index contributed by atoms with van der Waals surface area (Å²) >= 11 is 6.39. The molecule has 292 valence electrons. The molecule has 1 aliphatic carbocycles. The first-order chi connectivity index (χ1) is 25.3. The third kappa shape index (κ3) is 9.10. The average Bonchev–Trinajstić information content (AvgIpc) is 3.40. The summed E-state index contributed by atoms with van der Waals surface area (Å²) in [7, 11) is 0. The summed E-state index contributed by atoms with van der Waals surface area (Å²) < 4.78 is 14.6. The number of aromatic amines is 1. The van der Waals surface area contributed by atoms with E-state index in [1.54, 1.807) is 12.1 Å². The van der Waals surface area contributed by atoms with Gasteiger partial charge in [-0.25, -0.2) is 19.0 Å². The molecule has 0 spiro atoms. The van der Waals surface area contributed by atoms with Crippen molar-refractivity contribution in [1.29, 1.82) is 0 Å². The summed E-state index contributed by atoms with van der Waals surface area (Å²) in [6.45, 7) is 26.0. The van der Waals surface area contributed by atoms with Crippen LogP contribution in [0.2, 0.25) is 5.02 Å². The molecule has 0 bridgehead atoms. The Morgan fingerprint density at radius 3 is 2.15 bits per heavy atom. The predicted octanol–water partition coefficient (Wildman–Crippen LogP) is 12.1. The molecular formula is C44H60ClN5O4. The van der Waals surface area contributed by atoms with Crippen LogP contribution in [0.25, 0.3) is 16.8 Å². The lowest BCUT2D eigenvalue weighted by Gasteiger charge is -2.50. The Kier molecular flexibility index (Phi) is 12.5. The summed E-state index contributed by atoms with van der Waals surface area (Å²) in [6.07, 6.45) is 3.72. The zero-order chi connectivity index (χ0) is 39.7. The number of hydrogen-bond donors (Lipinski definition) is 1. The van der Waals surface area contributed by atoms with Crippen LogP contribution in [-0.2, 0) is 11.2 Å². The van der Waals surface area contributed by atoms with E-state index in [0.29, 0.717) is 45.7 Å². The second-order valence-electron chi connectivity index (χ2n) is 17.9. The zero-order valence-corrected chi connectivity index (χ0v) is 35.1. The van der Waals surface area contributed by atoms with Crippen molar-refractivity contribution in [1.82, 2.24) is 14.4 Å². The molecule has 2 aromatic heterocycles. The maximum atomic E-state index is 15.1. The fourth-order valence-corrected chi connectivity index (χ4v) is 8.05. The number of benzene rings is 2.